The van der Waals surface area contributed by atoms with E-state index in [1.54, 1.807) is 6.26 Å². The monoisotopic (exact) mass is 541 g/mol. The molecule has 2 heterocycles. The number of nitrogens with one attached hydrogen (secondary N) is 2. The lowest BCUT2D eigenvalue weighted by molar-refractivity contribution is -0.120. The summed E-state index contributed by atoms with van der Waals surface area (Å²) in [6, 6.07) is 11.3. The van der Waals surface area contributed by atoms with Gasteiger partial charge >= 0.3 is 0 Å². The van der Waals surface area contributed by atoms with Crippen molar-refractivity contribution in [3.63, 3.8) is 0 Å². The van der Waals surface area contributed by atoms with Crippen molar-refractivity contribution in [3.8, 4) is 5.75 Å². The van der Waals surface area contributed by atoms with Crippen molar-refractivity contribution in [1.29, 1.82) is 0 Å². The van der Waals surface area contributed by atoms with Crippen LogP contribution in [0.2, 0.25) is 0 Å². The van der Waals surface area contributed by atoms with Crippen molar-refractivity contribution in [2.75, 3.05) is 11.9 Å². The number of anilines is 1. The number of amides is 2. The van der Waals surface area contributed by atoms with Crippen molar-refractivity contribution < 1.29 is 23.2 Å². The van der Waals surface area contributed by atoms with Crippen LogP contribution in [-0.2, 0) is 17.6 Å². The Morgan fingerprint density at radius 1 is 1.02 bits per heavy atom. The molecule has 0 bridgehead atoms. The van der Waals surface area contributed by atoms with Crippen molar-refractivity contribution in [2.45, 2.75) is 66.2 Å². The van der Waals surface area contributed by atoms with Gasteiger partial charge in [-0.25, -0.2) is 5.43 Å². The number of carbonyl (C=O) groups is 2. The van der Waals surface area contributed by atoms with E-state index in [2.05, 4.69) is 22.8 Å². The predicted molar refractivity (Wildman–Crippen MR) is 155 cm³/mol. The van der Waals surface area contributed by atoms with Gasteiger partial charge in [0.2, 0.25) is 5.91 Å². The van der Waals surface area contributed by atoms with Crippen molar-refractivity contribution >= 4 is 34.2 Å². The Morgan fingerprint density at radius 3 is 2.60 bits per heavy atom. The second kappa shape index (κ2) is 11.8. The molecule has 5 rings (SSSR count). The summed E-state index contributed by atoms with van der Waals surface area (Å²) in [5.41, 5.74) is 9.43. The molecule has 0 aliphatic heterocycles. The van der Waals surface area contributed by atoms with Crippen LogP contribution in [0.1, 0.15) is 76.7 Å². The molecular weight excluding hydrogens is 506 g/mol. The van der Waals surface area contributed by atoms with Crippen LogP contribution < -0.4 is 15.5 Å². The third kappa shape index (κ3) is 5.66. The van der Waals surface area contributed by atoms with Gasteiger partial charge in [-0.1, -0.05) is 25.5 Å². The quantitative estimate of drug-likeness (QED) is 0.179. The van der Waals surface area contributed by atoms with Crippen LogP contribution in [0.3, 0.4) is 0 Å². The van der Waals surface area contributed by atoms with Crippen LogP contribution in [0.25, 0.3) is 11.0 Å². The summed E-state index contributed by atoms with van der Waals surface area (Å²) in [7, 11) is 0. The summed E-state index contributed by atoms with van der Waals surface area (Å²) in [6.45, 7) is 8.69. The summed E-state index contributed by atoms with van der Waals surface area (Å²) in [4.78, 5) is 25.9. The van der Waals surface area contributed by atoms with Crippen LogP contribution in [-0.4, -0.2) is 24.1 Å². The van der Waals surface area contributed by atoms with Gasteiger partial charge in [-0.3, -0.25) is 9.59 Å². The molecule has 2 N–H and O–H groups in total. The van der Waals surface area contributed by atoms with E-state index in [0.29, 0.717) is 42.2 Å². The van der Waals surface area contributed by atoms with Crippen LogP contribution in [0.15, 0.2) is 56.6 Å². The van der Waals surface area contributed by atoms with Crippen molar-refractivity contribution in [3.05, 3.63) is 82.0 Å². The number of benzene rings is 2. The first-order chi connectivity index (χ1) is 19.4. The number of nitrogens with zero attached hydrogens (tertiary/aromatic N) is 1. The van der Waals surface area contributed by atoms with Crippen LogP contribution in [0.5, 0.6) is 5.75 Å². The third-order valence-electron chi connectivity index (χ3n) is 7.42. The van der Waals surface area contributed by atoms with Crippen LogP contribution >= 0.6 is 0 Å². The number of aryl methyl sites for hydroxylation is 3. The van der Waals surface area contributed by atoms with Crippen molar-refractivity contribution in [1.82, 2.24) is 5.43 Å². The molecule has 4 aromatic rings. The normalized spacial score (nSPS) is 13.8. The number of hydrogen-bond donors (Lipinski definition) is 2. The first-order valence-electron chi connectivity index (χ1n) is 13.8. The SMILES string of the molecule is CCCCOc1ccc(NC(=O)c2oc3c(c2C)/C(=N/NC(=O)Cc2coc4c(C)c(C)ccc24)CCC3)cc1. The molecule has 2 aromatic carbocycles. The number of unbranched alkanes of at least 4 members (excludes halogenated alkanes) is 1. The molecule has 2 amide bonds. The highest BCUT2D eigenvalue weighted by Crippen LogP contribution is 2.31. The Bertz CT molecular complexity index is 1580. The molecule has 8 nitrogen and oxygen atoms in total. The Balaban J connectivity index is 1.27. The van der Waals surface area contributed by atoms with E-state index in [0.717, 1.165) is 58.2 Å². The van der Waals surface area contributed by atoms with E-state index in [9.17, 15) is 9.59 Å². The molecule has 208 valence electrons. The van der Waals surface area contributed by atoms with E-state index in [4.69, 9.17) is 13.6 Å². The minimum atomic E-state index is -0.327. The van der Waals surface area contributed by atoms with Gasteiger partial charge in [-0.15, -0.1) is 0 Å². The molecular formula is C32H35N3O5. The minimum absolute atomic E-state index is 0.152. The highest BCUT2D eigenvalue weighted by molar-refractivity contribution is 6.09. The number of fused-ring (bicyclic) bond motifs is 2. The van der Waals surface area contributed by atoms with Gasteiger partial charge in [-0.2, -0.15) is 5.10 Å². The number of hydrazone groups is 1. The lowest BCUT2D eigenvalue weighted by Crippen LogP contribution is -2.23. The Morgan fingerprint density at radius 2 is 1.82 bits per heavy atom. The molecule has 0 radical (unpaired) electrons. The summed E-state index contributed by atoms with van der Waals surface area (Å²) >= 11 is 0. The lowest BCUT2D eigenvalue weighted by Gasteiger charge is -2.13. The smallest absolute Gasteiger partial charge is 0.291 e. The van der Waals surface area contributed by atoms with E-state index < -0.39 is 0 Å². The molecule has 1 aliphatic rings. The average molecular weight is 542 g/mol. The van der Waals surface area contributed by atoms with Gasteiger partial charge < -0.3 is 18.9 Å². The standard InChI is InChI=1S/C32H35N3O5/c1-5-6-16-38-24-13-11-23(12-14-24)33-32(37)31-21(4)29-26(8-7-9-27(29)40-31)34-35-28(36)17-22-18-39-30-20(3)19(2)10-15-25(22)30/h10-15,18H,5-9,16-17H2,1-4H3,(H,33,37)(H,35,36)/b34-26+. The highest BCUT2D eigenvalue weighted by Gasteiger charge is 2.28. The largest absolute Gasteiger partial charge is 0.494 e. The van der Waals surface area contributed by atoms with Gasteiger partial charge in [0.25, 0.3) is 5.91 Å². The average Bonchev–Trinajstić information content (AvgIpc) is 3.52. The zero-order chi connectivity index (χ0) is 28.2. The van der Waals surface area contributed by atoms with Gasteiger partial charge in [0.05, 0.1) is 25.0 Å². The fourth-order valence-electron chi connectivity index (χ4n) is 5.02. The van der Waals surface area contributed by atoms with Crippen LogP contribution in [0, 0.1) is 20.8 Å². The lowest BCUT2D eigenvalue weighted by atomic mass is 9.93. The number of carbonyl (C=O) groups excluding carboxylic acids is 2. The first kappa shape index (κ1) is 27.2. The molecule has 0 unspecified atom stereocenters. The number of furan rings is 2. The molecule has 0 saturated carbocycles. The topological polar surface area (TPSA) is 106 Å². The van der Waals surface area contributed by atoms with E-state index in [1.165, 1.54) is 0 Å². The number of hydrogen-bond acceptors (Lipinski definition) is 6. The molecule has 2 aromatic heterocycles. The van der Waals surface area contributed by atoms with Gasteiger partial charge in [-0.05, 0) is 75.4 Å². The molecule has 1 aliphatic carbocycles. The Hall–Kier alpha value is -4.33. The Labute approximate surface area is 233 Å². The Kier molecular flexibility index (Phi) is 8.05. The van der Waals surface area contributed by atoms with Gasteiger partial charge in [0.15, 0.2) is 5.76 Å². The minimum Gasteiger partial charge on any atom is -0.494 e. The first-order valence-corrected chi connectivity index (χ1v) is 13.8. The molecule has 0 saturated heterocycles. The molecule has 0 fully saturated rings. The van der Waals surface area contributed by atoms with Gasteiger partial charge in [0, 0.05) is 34.2 Å². The summed E-state index contributed by atoms with van der Waals surface area (Å²) < 4.78 is 17.4. The molecule has 0 atom stereocenters. The van der Waals surface area contributed by atoms with E-state index >= 15 is 0 Å². The van der Waals surface area contributed by atoms with Crippen LogP contribution in [0.4, 0.5) is 5.69 Å². The predicted octanol–water partition coefficient (Wildman–Crippen LogP) is 6.78. The fourth-order valence-corrected chi connectivity index (χ4v) is 5.02. The zero-order valence-electron chi connectivity index (χ0n) is 23.5. The zero-order valence-corrected chi connectivity index (χ0v) is 23.5. The van der Waals surface area contributed by atoms with Gasteiger partial charge in [0.1, 0.15) is 17.1 Å². The number of ether oxygens (including phenoxy) is 1. The van der Waals surface area contributed by atoms with Crippen molar-refractivity contribution in [2.24, 2.45) is 5.10 Å². The molecule has 40 heavy (non-hydrogen) atoms. The fraction of sp³-hybridized carbons (Fsp3) is 0.344. The molecule has 8 heteroatoms. The maximum Gasteiger partial charge on any atom is 0.291 e. The summed E-state index contributed by atoms with van der Waals surface area (Å²) in [5, 5.41) is 8.30. The maximum atomic E-state index is 13.1. The summed E-state index contributed by atoms with van der Waals surface area (Å²) in [5.74, 6) is 1.18. The second-order valence-electron chi connectivity index (χ2n) is 10.3. The third-order valence-corrected chi connectivity index (χ3v) is 7.42. The molecule has 0 spiro atoms. The summed E-state index contributed by atoms with van der Waals surface area (Å²) in [6.07, 6.45) is 6.07. The highest BCUT2D eigenvalue weighted by atomic mass is 16.5. The second-order valence-corrected chi connectivity index (χ2v) is 10.3. The van der Waals surface area contributed by atoms with E-state index in [1.807, 2.05) is 57.2 Å². The maximum absolute atomic E-state index is 13.1. The number of rotatable bonds is 9. The van der Waals surface area contributed by atoms with E-state index in [-0.39, 0.29) is 24.0 Å².